The lowest BCUT2D eigenvalue weighted by Crippen LogP contribution is -2.11. The SMILES string of the molecule is C[C@@H]1CCc2c(sc(NC(=O)c3ccc(-c4ccccc4[N+](=O)[O-])o3)c2C#N)C1. The maximum Gasteiger partial charge on any atom is 0.292 e. The number of carbonyl (C=O) groups is 1. The topological polar surface area (TPSA) is 109 Å². The van der Waals surface area contributed by atoms with Gasteiger partial charge in [-0.2, -0.15) is 5.26 Å². The van der Waals surface area contributed by atoms with Gasteiger partial charge in [0.2, 0.25) is 0 Å². The Bertz CT molecular complexity index is 1160. The van der Waals surface area contributed by atoms with Crippen LogP contribution in [0.3, 0.4) is 0 Å². The van der Waals surface area contributed by atoms with Crippen LogP contribution in [0.15, 0.2) is 40.8 Å². The van der Waals surface area contributed by atoms with Crippen LogP contribution in [-0.4, -0.2) is 10.8 Å². The summed E-state index contributed by atoms with van der Waals surface area (Å²) in [5.41, 5.74) is 1.76. The van der Waals surface area contributed by atoms with E-state index in [1.54, 1.807) is 18.2 Å². The van der Waals surface area contributed by atoms with Gasteiger partial charge in [-0.1, -0.05) is 19.1 Å². The molecule has 0 fully saturated rings. The third kappa shape index (κ3) is 3.52. The Hall–Kier alpha value is -3.44. The zero-order valence-electron chi connectivity index (χ0n) is 15.6. The molecule has 29 heavy (non-hydrogen) atoms. The molecule has 0 bridgehead atoms. The number of carbonyl (C=O) groups excluding carboxylic acids is 1. The van der Waals surface area contributed by atoms with Crippen molar-refractivity contribution >= 4 is 27.9 Å². The van der Waals surface area contributed by atoms with Crippen molar-refractivity contribution in [1.82, 2.24) is 0 Å². The highest BCUT2D eigenvalue weighted by Gasteiger charge is 2.26. The van der Waals surface area contributed by atoms with Crippen molar-refractivity contribution in [2.45, 2.75) is 26.2 Å². The third-order valence-corrected chi connectivity index (χ3v) is 6.22. The van der Waals surface area contributed by atoms with Crippen molar-refractivity contribution in [1.29, 1.82) is 5.26 Å². The second-order valence-electron chi connectivity index (χ2n) is 7.06. The predicted octanol–water partition coefficient (Wildman–Crippen LogP) is 5.17. The van der Waals surface area contributed by atoms with Crippen LogP contribution in [0.4, 0.5) is 10.7 Å². The third-order valence-electron chi connectivity index (χ3n) is 5.05. The van der Waals surface area contributed by atoms with Crippen LogP contribution in [0.1, 0.15) is 39.9 Å². The van der Waals surface area contributed by atoms with E-state index in [0.717, 1.165) is 29.7 Å². The van der Waals surface area contributed by atoms with E-state index in [-0.39, 0.29) is 17.2 Å². The standard InChI is InChI=1S/C21H17N3O4S/c1-12-6-7-13-15(11-22)21(29-19(13)10-12)23-20(25)18-9-8-17(28-18)14-4-2-3-5-16(14)24(26)27/h2-5,8-9,12H,6-7,10H2,1H3,(H,23,25)/t12-/m1/s1. The predicted molar refractivity (Wildman–Crippen MR) is 109 cm³/mol. The zero-order chi connectivity index (χ0) is 20.5. The Kier molecular flexibility index (Phi) is 4.91. The average Bonchev–Trinajstić information content (AvgIpc) is 3.32. The van der Waals surface area contributed by atoms with E-state index in [9.17, 15) is 20.2 Å². The van der Waals surface area contributed by atoms with Gasteiger partial charge in [0.1, 0.15) is 16.8 Å². The summed E-state index contributed by atoms with van der Waals surface area (Å²) in [7, 11) is 0. The first-order chi connectivity index (χ1) is 14.0. The molecule has 0 aliphatic heterocycles. The number of benzene rings is 1. The quantitative estimate of drug-likeness (QED) is 0.474. The van der Waals surface area contributed by atoms with E-state index in [1.807, 2.05) is 0 Å². The highest BCUT2D eigenvalue weighted by atomic mass is 32.1. The number of hydrogen-bond donors (Lipinski definition) is 1. The van der Waals surface area contributed by atoms with Crippen molar-refractivity contribution in [3.8, 4) is 17.4 Å². The summed E-state index contributed by atoms with van der Waals surface area (Å²) in [5, 5.41) is 24.1. The molecule has 0 radical (unpaired) electrons. The molecule has 0 unspecified atom stereocenters. The molecule has 1 aliphatic carbocycles. The van der Waals surface area contributed by atoms with Gasteiger partial charge in [-0.25, -0.2) is 0 Å². The largest absolute Gasteiger partial charge is 0.451 e. The van der Waals surface area contributed by atoms with Gasteiger partial charge in [0.05, 0.1) is 16.1 Å². The molecule has 1 aromatic carbocycles. The number of nitro benzene ring substituents is 1. The number of amides is 1. The van der Waals surface area contributed by atoms with Gasteiger partial charge < -0.3 is 9.73 Å². The van der Waals surface area contributed by atoms with Crippen molar-refractivity contribution in [3.05, 3.63) is 68.3 Å². The molecule has 0 spiro atoms. The molecule has 2 heterocycles. The Balaban J connectivity index is 1.60. The molecule has 8 heteroatoms. The van der Waals surface area contributed by atoms with Crippen molar-refractivity contribution < 1.29 is 14.1 Å². The van der Waals surface area contributed by atoms with E-state index in [4.69, 9.17) is 4.42 Å². The molecule has 0 saturated heterocycles. The van der Waals surface area contributed by atoms with Gasteiger partial charge in [-0.3, -0.25) is 14.9 Å². The van der Waals surface area contributed by atoms with Gasteiger partial charge in [-0.05, 0) is 48.9 Å². The summed E-state index contributed by atoms with van der Waals surface area (Å²) in [6.45, 7) is 2.18. The molecule has 7 nitrogen and oxygen atoms in total. The minimum absolute atomic E-state index is 0.0294. The van der Waals surface area contributed by atoms with Gasteiger partial charge >= 0.3 is 0 Å². The fourth-order valence-corrected chi connectivity index (χ4v) is 4.92. The Morgan fingerprint density at radius 2 is 2.14 bits per heavy atom. The van der Waals surface area contributed by atoms with Crippen molar-refractivity contribution in [3.63, 3.8) is 0 Å². The Morgan fingerprint density at radius 1 is 1.34 bits per heavy atom. The van der Waals surface area contributed by atoms with Crippen LogP contribution < -0.4 is 5.32 Å². The lowest BCUT2D eigenvalue weighted by atomic mass is 9.89. The number of nitrogens with zero attached hydrogens (tertiary/aromatic N) is 2. The van der Waals surface area contributed by atoms with Gasteiger partial charge in [0.15, 0.2) is 5.76 Å². The molecule has 1 amide bonds. The maximum absolute atomic E-state index is 12.7. The number of nitrogens with one attached hydrogen (secondary N) is 1. The van der Waals surface area contributed by atoms with Crippen LogP contribution in [0.25, 0.3) is 11.3 Å². The molecular weight excluding hydrogens is 390 g/mol. The van der Waals surface area contributed by atoms with Crippen molar-refractivity contribution in [2.24, 2.45) is 5.92 Å². The summed E-state index contributed by atoms with van der Waals surface area (Å²) < 4.78 is 5.59. The number of nitriles is 1. The number of anilines is 1. The van der Waals surface area contributed by atoms with E-state index < -0.39 is 10.8 Å². The molecule has 1 N–H and O–H groups in total. The van der Waals surface area contributed by atoms with Gasteiger partial charge in [-0.15, -0.1) is 11.3 Å². The van der Waals surface area contributed by atoms with Crippen LogP contribution >= 0.6 is 11.3 Å². The fraction of sp³-hybridized carbons (Fsp3) is 0.238. The molecular formula is C21H17N3O4S. The van der Waals surface area contributed by atoms with Crippen LogP contribution in [-0.2, 0) is 12.8 Å². The summed E-state index contributed by atoms with van der Waals surface area (Å²) in [6, 6.07) is 11.4. The van der Waals surface area contributed by atoms with Crippen LogP contribution in [0.2, 0.25) is 0 Å². The second kappa shape index (κ2) is 7.53. The number of fused-ring (bicyclic) bond motifs is 1. The number of para-hydroxylation sites is 1. The Morgan fingerprint density at radius 3 is 2.90 bits per heavy atom. The first-order valence-corrected chi connectivity index (χ1v) is 9.99. The van der Waals surface area contributed by atoms with Crippen LogP contribution in [0, 0.1) is 27.4 Å². The summed E-state index contributed by atoms with van der Waals surface area (Å²) >= 11 is 1.44. The number of thiophene rings is 1. The van der Waals surface area contributed by atoms with E-state index in [1.165, 1.54) is 29.5 Å². The number of rotatable bonds is 4. The van der Waals surface area contributed by atoms with E-state index >= 15 is 0 Å². The fourth-order valence-electron chi connectivity index (χ4n) is 3.57. The normalized spacial score (nSPS) is 15.4. The molecule has 1 atom stereocenters. The lowest BCUT2D eigenvalue weighted by Gasteiger charge is -2.17. The minimum atomic E-state index is -0.492. The summed E-state index contributed by atoms with van der Waals surface area (Å²) in [4.78, 5) is 24.6. The number of furan rings is 1. The maximum atomic E-state index is 12.7. The average molecular weight is 407 g/mol. The minimum Gasteiger partial charge on any atom is -0.451 e. The summed E-state index contributed by atoms with van der Waals surface area (Å²) in [5.74, 6) is 0.340. The molecule has 146 valence electrons. The van der Waals surface area contributed by atoms with Crippen LogP contribution in [0.5, 0.6) is 0 Å². The number of hydrogen-bond acceptors (Lipinski definition) is 6. The van der Waals surface area contributed by atoms with Gasteiger partial charge in [0, 0.05) is 10.9 Å². The van der Waals surface area contributed by atoms with E-state index in [0.29, 0.717) is 22.0 Å². The molecule has 0 saturated carbocycles. The highest BCUT2D eigenvalue weighted by Crippen LogP contribution is 2.39. The Labute approximate surface area is 170 Å². The molecule has 1 aliphatic rings. The summed E-state index contributed by atoms with van der Waals surface area (Å²) in [6.07, 6.45) is 2.78. The molecule has 2 aromatic heterocycles. The van der Waals surface area contributed by atoms with E-state index in [2.05, 4.69) is 18.3 Å². The molecule has 3 aromatic rings. The smallest absolute Gasteiger partial charge is 0.292 e. The number of nitro groups is 1. The highest BCUT2D eigenvalue weighted by molar-refractivity contribution is 7.16. The first kappa shape index (κ1) is 18.9. The molecule has 4 rings (SSSR count). The monoisotopic (exact) mass is 407 g/mol. The first-order valence-electron chi connectivity index (χ1n) is 9.17. The second-order valence-corrected chi connectivity index (χ2v) is 8.17. The lowest BCUT2D eigenvalue weighted by molar-refractivity contribution is -0.384. The van der Waals surface area contributed by atoms with Gasteiger partial charge in [0.25, 0.3) is 11.6 Å². The zero-order valence-corrected chi connectivity index (χ0v) is 16.4. The van der Waals surface area contributed by atoms with Crippen molar-refractivity contribution in [2.75, 3.05) is 5.32 Å².